The van der Waals surface area contributed by atoms with E-state index in [1.165, 1.54) is 33.4 Å². The first-order chi connectivity index (χ1) is 13.8. The Morgan fingerprint density at radius 3 is 1.54 bits per heavy atom. The van der Waals surface area contributed by atoms with Crippen LogP contribution in [0.2, 0.25) is 0 Å². The summed E-state index contributed by atoms with van der Waals surface area (Å²) < 4.78 is 11.9. The molecule has 28 heavy (non-hydrogen) atoms. The molecule has 0 bridgehead atoms. The molecule has 0 spiro atoms. The van der Waals surface area contributed by atoms with E-state index in [0.717, 1.165) is 73.9 Å². The third-order valence-corrected chi connectivity index (χ3v) is 6.68. The summed E-state index contributed by atoms with van der Waals surface area (Å²) in [6.07, 6.45) is 6.57. The van der Waals surface area contributed by atoms with Crippen LogP contribution in [-0.4, -0.2) is 23.9 Å². The second kappa shape index (κ2) is 9.49. The predicted molar refractivity (Wildman–Crippen MR) is 124 cm³/mol. The van der Waals surface area contributed by atoms with Crippen molar-refractivity contribution < 1.29 is 9.47 Å². The maximum atomic E-state index is 5.95. The summed E-state index contributed by atoms with van der Waals surface area (Å²) >= 11 is 6.94. The lowest BCUT2D eigenvalue weighted by Gasteiger charge is -2.12. The van der Waals surface area contributed by atoms with E-state index in [0.29, 0.717) is 0 Å². The second-order valence-electron chi connectivity index (χ2n) is 7.38. The first-order valence-electron chi connectivity index (χ1n) is 10.2. The van der Waals surface area contributed by atoms with Crippen molar-refractivity contribution in [3.8, 4) is 11.5 Å². The normalized spacial score (nSPS) is 17.5. The average Bonchev–Trinajstić information content (AvgIpc) is 3.31. The molecule has 0 saturated heterocycles. The van der Waals surface area contributed by atoms with Gasteiger partial charge in [0.05, 0.1) is 13.2 Å². The summed E-state index contributed by atoms with van der Waals surface area (Å²) in [4.78, 5) is 0. The molecule has 0 unspecified atom stereocenters. The highest BCUT2D eigenvalue weighted by atomic mass is 79.9. The molecule has 0 aromatic heterocycles. The van der Waals surface area contributed by atoms with Crippen molar-refractivity contribution >= 4 is 43.0 Å². The number of fused-ring (bicyclic) bond motifs is 2. The number of alkyl halides is 2. The van der Waals surface area contributed by atoms with Crippen LogP contribution >= 0.6 is 31.9 Å². The SMILES string of the molecule is BrCCCOc1ccc2c(c1)/C(=C1/CCc3ccc(OCCCBr)cc31)CC2. The third kappa shape index (κ3) is 4.33. The Kier molecular flexibility index (Phi) is 6.79. The van der Waals surface area contributed by atoms with Gasteiger partial charge in [-0.1, -0.05) is 44.0 Å². The van der Waals surface area contributed by atoms with Crippen LogP contribution in [0.15, 0.2) is 36.4 Å². The molecule has 2 aliphatic carbocycles. The van der Waals surface area contributed by atoms with Crippen molar-refractivity contribution in [2.45, 2.75) is 38.5 Å². The minimum Gasteiger partial charge on any atom is -0.494 e. The monoisotopic (exact) mass is 504 g/mol. The zero-order valence-electron chi connectivity index (χ0n) is 16.1. The second-order valence-corrected chi connectivity index (χ2v) is 8.96. The summed E-state index contributed by atoms with van der Waals surface area (Å²) in [6.45, 7) is 1.52. The molecule has 2 aromatic rings. The van der Waals surface area contributed by atoms with Crippen LogP contribution in [0, 0.1) is 0 Å². The Morgan fingerprint density at radius 1 is 0.643 bits per heavy atom. The largest absolute Gasteiger partial charge is 0.494 e. The Bertz CT molecular complexity index is 801. The fraction of sp³-hybridized carbons (Fsp3) is 0.417. The number of benzene rings is 2. The summed E-state index contributed by atoms with van der Waals surface area (Å²) in [5, 5.41) is 1.95. The number of ether oxygens (including phenoxy) is 2. The van der Waals surface area contributed by atoms with E-state index in [9.17, 15) is 0 Å². The third-order valence-electron chi connectivity index (χ3n) is 5.56. The molecule has 2 aromatic carbocycles. The standard InChI is InChI=1S/C24H26Br2O2/c25-11-1-13-27-19-7-3-17-5-9-21(23(17)15-19)22-10-6-18-4-8-20(16-24(18)22)28-14-2-12-26/h3-4,7-8,15-16H,1-2,5-6,9-14H2/b22-21-. The molecule has 0 heterocycles. The first-order valence-corrected chi connectivity index (χ1v) is 12.4. The van der Waals surface area contributed by atoms with Gasteiger partial charge in [-0.2, -0.15) is 0 Å². The zero-order chi connectivity index (χ0) is 19.3. The van der Waals surface area contributed by atoms with E-state index in [1.807, 2.05) is 0 Å². The highest BCUT2D eigenvalue weighted by Gasteiger charge is 2.26. The molecular formula is C24H26Br2O2. The lowest BCUT2D eigenvalue weighted by atomic mass is 9.97. The number of hydrogen-bond donors (Lipinski definition) is 0. The van der Waals surface area contributed by atoms with E-state index in [4.69, 9.17) is 9.47 Å². The van der Waals surface area contributed by atoms with Gasteiger partial charge in [0.25, 0.3) is 0 Å². The van der Waals surface area contributed by atoms with Gasteiger partial charge in [0.1, 0.15) is 11.5 Å². The number of rotatable bonds is 8. The quantitative estimate of drug-likeness (QED) is 0.289. The van der Waals surface area contributed by atoms with Gasteiger partial charge in [-0.05, 0) is 96.2 Å². The maximum Gasteiger partial charge on any atom is 0.119 e. The number of allylic oxidation sites excluding steroid dienone is 2. The maximum absolute atomic E-state index is 5.95. The van der Waals surface area contributed by atoms with E-state index in [2.05, 4.69) is 68.3 Å². The average molecular weight is 506 g/mol. The molecule has 2 aliphatic rings. The minimum atomic E-state index is 0.758. The minimum absolute atomic E-state index is 0.758. The molecule has 0 fully saturated rings. The predicted octanol–water partition coefficient (Wildman–Crippen LogP) is 6.82. The van der Waals surface area contributed by atoms with Crippen LogP contribution in [-0.2, 0) is 12.8 Å². The molecule has 0 saturated carbocycles. The van der Waals surface area contributed by atoms with Crippen LogP contribution < -0.4 is 9.47 Å². The lowest BCUT2D eigenvalue weighted by molar-refractivity contribution is 0.319. The van der Waals surface area contributed by atoms with Crippen LogP contribution in [0.1, 0.15) is 47.9 Å². The van der Waals surface area contributed by atoms with Crippen LogP contribution in [0.5, 0.6) is 11.5 Å². The molecule has 0 aliphatic heterocycles. The smallest absolute Gasteiger partial charge is 0.119 e. The molecule has 4 heteroatoms. The molecule has 0 radical (unpaired) electrons. The molecule has 2 nitrogen and oxygen atoms in total. The van der Waals surface area contributed by atoms with Gasteiger partial charge in [0, 0.05) is 10.7 Å². The fourth-order valence-electron chi connectivity index (χ4n) is 4.19. The summed E-state index contributed by atoms with van der Waals surface area (Å²) in [6, 6.07) is 13.3. The van der Waals surface area contributed by atoms with Gasteiger partial charge >= 0.3 is 0 Å². The van der Waals surface area contributed by atoms with Crippen molar-refractivity contribution in [1.82, 2.24) is 0 Å². The molecule has 0 atom stereocenters. The highest BCUT2D eigenvalue weighted by Crippen LogP contribution is 2.45. The molecular weight excluding hydrogens is 480 g/mol. The van der Waals surface area contributed by atoms with Gasteiger partial charge in [0.2, 0.25) is 0 Å². The van der Waals surface area contributed by atoms with Gasteiger partial charge in [-0.15, -0.1) is 0 Å². The first kappa shape index (κ1) is 20.0. The number of hydrogen-bond acceptors (Lipinski definition) is 2. The summed E-state index contributed by atoms with van der Waals surface area (Å²) in [5.74, 6) is 1.98. The van der Waals surface area contributed by atoms with Gasteiger partial charge in [0.15, 0.2) is 0 Å². The van der Waals surface area contributed by atoms with Gasteiger partial charge in [-0.25, -0.2) is 0 Å². The van der Waals surface area contributed by atoms with Crippen molar-refractivity contribution in [3.63, 3.8) is 0 Å². The van der Waals surface area contributed by atoms with Crippen LogP contribution in [0.3, 0.4) is 0 Å². The molecule has 4 rings (SSSR count). The number of aryl methyl sites for hydroxylation is 2. The van der Waals surface area contributed by atoms with Crippen LogP contribution in [0.4, 0.5) is 0 Å². The van der Waals surface area contributed by atoms with Crippen molar-refractivity contribution in [3.05, 3.63) is 58.7 Å². The number of halogens is 2. The summed E-state index contributed by atoms with van der Waals surface area (Å²) in [7, 11) is 0. The van der Waals surface area contributed by atoms with E-state index in [-0.39, 0.29) is 0 Å². The highest BCUT2D eigenvalue weighted by molar-refractivity contribution is 9.09. The Morgan fingerprint density at radius 2 is 1.11 bits per heavy atom. The molecule has 148 valence electrons. The van der Waals surface area contributed by atoms with E-state index < -0.39 is 0 Å². The zero-order valence-corrected chi connectivity index (χ0v) is 19.3. The van der Waals surface area contributed by atoms with Crippen LogP contribution in [0.25, 0.3) is 11.1 Å². The molecule has 0 amide bonds. The van der Waals surface area contributed by atoms with Gasteiger partial charge in [-0.3, -0.25) is 0 Å². The Labute approximate surface area is 184 Å². The van der Waals surface area contributed by atoms with Crippen molar-refractivity contribution in [2.24, 2.45) is 0 Å². The van der Waals surface area contributed by atoms with E-state index >= 15 is 0 Å². The van der Waals surface area contributed by atoms with Crippen molar-refractivity contribution in [2.75, 3.05) is 23.9 Å². The van der Waals surface area contributed by atoms with E-state index in [1.54, 1.807) is 0 Å². The van der Waals surface area contributed by atoms with Gasteiger partial charge < -0.3 is 9.47 Å². The molecule has 0 N–H and O–H groups in total. The fourth-order valence-corrected chi connectivity index (χ4v) is 4.65. The Balaban J connectivity index is 1.62. The lowest BCUT2D eigenvalue weighted by Crippen LogP contribution is -1.99. The Hall–Kier alpha value is -1.26. The topological polar surface area (TPSA) is 18.5 Å². The van der Waals surface area contributed by atoms with Crippen molar-refractivity contribution in [1.29, 1.82) is 0 Å². The summed E-state index contributed by atoms with van der Waals surface area (Å²) in [5.41, 5.74) is 8.71.